The minimum absolute atomic E-state index is 0.412. The molecular weight excluding hydrogens is 260 g/mol. The first-order valence-corrected chi connectivity index (χ1v) is 8.01. The normalized spacial score (nSPS) is 21.6. The molecule has 0 radical (unpaired) electrons. The van der Waals surface area contributed by atoms with Gasteiger partial charge in [-0.1, -0.05) is 38.1 Å². The second-order valence-corrected chi connectivity index (χ2v) is 6.58. The molecular formula is C17H22N4. The van der Waals surface area contributed by atoms with Crippen molar-refractivity contribution in [2.75, 3.05) is 6.54 Å². The minimum Gasteiger partial charge on any atom is -0.308 e. The topological polar surface area (TPSA) is 42.7 Å². The van der Waals surface area contributed by atoms with Crippen molar-refractivity contribution in [3.63, 3.8) is 0 Å². The Bertz CT molecular complexity index is 637. The molecule has 0 bridgehead atoms. The third-order valence-corrected chi connectivity index (χ3v) is 4.69. The van der Waals surface area contributed by atoms with Gasteiger partial charge in [-0.25, -0.2) is 0 Å². The van der Waals surface area contributed by atoms with E-state index in [0.717, 1.165) is 30.7 Å². The Morgan fingerprint density at radius 1 is 1.14 bits per heavy atom. The molecule has 1 aliphatic carbocycles. The van der Waals surface area contributed by atoms with Crippen LogP contribution in [-0.4, -0.2) is 21.3 Å². The summed E-state index contributed by atoms with van der Waals surface area (Å²) >= 11 is 0. The van der Waals surface area contributed by atoms with Gasteiger partial charge in [0.2, 0.25) is 0 Å². The number of aromatic nitrogens is 3. The van der Waals surface area contributed by atoms with Gasteiger partial charge in [-0.15, -0.1) is 10.2 Å². The number of fused-ring (bicyclic) bond motifs is 1. The number of nitrogens with one attached hydrogen (secondary N) is 1. The van der Waals surface area contributed by atoms with E-state index >= 15 is 0 Å². The second-order valence-electron chi connectivity index (χ2n) is 6.58. The standard InChI is InChI=1S/C17H22N4/c1-11(2)12-3-7-14(8-4-12)16-19-20-17-15(13-5-6-13)18-9-10-21(16)17/h3-4,7-8,11,13,15,18H,5-6,9-10H2,1-2H3. The molecule has 2 aliphatic rings. The van der Waals surface area contributed by atoms with Crippen LogP contribution in [0, 0.1) is 5.92 Å². The lowest BCUT2D eigenvalue weighted by atomic mass is 10.0. The predicted molar refractivity (Wildman–Crippen MR) is 83.0 cm³/mol. The van der Waals surface area contributed by atoms with E-state index in [1.807, 2.05) is 0 Å². The molecule has 0 spiro atoms. The molecule has 1 aromatic heterocycles. The third kappa shape index (κ3) is 2.27. The van der Waals surface area contributed by atoms with Gasteiger partial charge >= 0.3 is 0 Å². The largest absolute Gasteiger partial charge is 0.308 e. The zero-order chi connectivity index (χ0) is 14.4. The molecule has 1 unspecified atom stereocenters. The summed E-state index contributed by atoms with van der Waals surface area (Å²) in [5.74, 6) is 3.48. The zero-order valence-electron chi connectivity index (χ0n) is 12.7. The number of benzene rings is 1. The molecule has 21 heavy (non-hydrogen) atoms. The van der Waals surface area contributed by atoms with E-state index < -0.39 is 0 Å². The van der Waals surface area contributed by atoms with Crippen molar-refractivity contribution in [1.82, 2.24) is 20.1 Å². The Hall–Kier alpha value is -1.68. The maximum Gasteiger partial charge on any atom is 0.164 e. The first-order chi connectivity index (χ1) is 10.2. The van der Waals surface area contributed by atoms with Gasteiger partial charge < -0.3 is 9.88 Å². The first kappa shape index (κ1) is 13.0. The molecule has 0 amide bonds. The van der Waals surface area contributed by atoms with E-state index in [1.165, 1.54) is 24.0 Å². The van der Waals surface area contributed by atoms with Crippen molar-refractivity contribution in [1.29, 1.82) is 0 Å². The van der Waals surface area contributed by atoms with E-state index in [0.29, 0.717) is 12.0 Å². The van der Waals surface area contributed by atoms with E-state index in [-0.39, 0.29) is 0 Å². The molecule has 2 aromatic rings. The van der Waals surface area contributed by atoms with Crippen molar-refractivity contribution in [2.45, 2.75) is 45.2 Å². The monoisotopic (exact) mass is 282 g/mol. The quantitative estimate of drug-likeness (QED) is 0.940. The van der Waals surface area contributed by atoms with E-state index in [1.54, 1.807) is 0 Å². The Morgan fingerprint density at radius 3 is 2.57 bits per heavy atom. The Labute approximate surface area is 125 Å². The van der Waals surface area contributed by atoms with Crippen LogP contribution in [0.4, 0.5) is 0 Å². The second kappa shape index (κ2) is 4.95. The van der Waals surface area contributed by atoms with Crippen LogP contribution in [0.25, 0.3) is 11.4 Å². The number of hydrogen-bond acceptors (Lipinski definition) is 3. The van der Waals surface area contributed by atoms with Crippen LogP contribution in [0.2, 0.25) is 0 Å². The van der Waals surface area contributed by atoms with Gasteiger partial charge in [-0.2, -0.15) is 0 Å². The summed E-state index contributed by atoms with van der Waals surface area (Å²) in [6.07, 6.45) is 2.64. The molecule has 0 saturated heterocycles. The van der Waals surface area contributed by atoms with Gasteiger partial charge in [0, 0.05) is 18.7 Å². The van der Waals surface area contributed by atoms with Gasteiger partial charge in [0.05, 0.1) is 6.04 Å². The summed E-state index contributed by atoms with van der Waals surface area (Å²) < 4.78 is 2.31. The summed E-state index contributed by atoms with van der Waals surface area (Å²) in [7, 11) is 0. The van der Waals surface area contributed by atoms with Gasteiger partial charge in [-0.05, 0) is 30.2 Å². The van der Waals surface area contributed by atoms with Crippen molar-refractivity contribution < 1.29 is 0 Å². The third-order valence-electron chi connectivity index (χ3n) is 4.69. The van der Waals surface area contributed by atoms with E-state index in [4.69, 9.17) is 0 Å². The molecule has 1 N–H and O–H groups in total. The fourth-order valence-corrected chi connectivity index (χ4v) is 3.23. The SMILES string of the molecule is CC(C)c1ccc(-c2nnc3n2CCNC3C2CC2)cc1. The Morgan fingerprint density at radius 2 is 1.90 bits per heavy atom. The average molecular weight is 282 g/mol. The lowest BCUT2D eigenvalue weighted by molar-refractivity contribution is 0.383. The van der Waals surface area contributed by atoms with Crippen molar-refractivity contribution in [3.8, 4) is 11.4 Å². The fraction of sp³-hybridized carbons (Fsp3) is 0.529. The van der Waals surface area contributed by atoms with Crippen LogP contribution in [0.3, 0.4) is 0 Å². The van der Waals surface area contributed by atoms with Gasteiger partial charge in [-0.3, -0.25) is 0 Å². The van der Waals surface area contributed by atoms with Crippen LogP contribution in [0.1, 0.15) is 50.0 Å². The van der Waals surface area contributed by atoms with Gasteiger partial charge in [0.15, 0.2) is 11.6 Å². The van der Waals surface area contributed by atoms with E-state index in [9.17, 15) is 0 Å². The molecule has 4 rings (SSSR count). The van der Waals surface area contributed by atoms with Crippen LogP contribution in [0.15, 0.2) is 24.3 Å². The molecule has 1 aliphatic heterocycles. The summed E-state index contributed by atoms with van der Waals surface area (Å²) in [6, 6.07) is 9.19. The summed E-state index contributed by atoms with van der Waals surface area (Å²) in [4.78, 5) is 0. The Kier molecular flexibility index (Phi) is 3.07. The smallest absolute Gasteiger partial charge is 0.164 e. The highest BCUT2D eigenvalue weighted by atomic mass is 15.3. The fourth-order valence-electron chi connectivity index (χ4n) is 3.23. The van der Waals surface area contributed by atoms with Gasteiger partial charge in [0.1, 0.15) is 0 Å². The molecule has 1 fully saturated rings. The zero-order valence-corrected chi connectivity index (χ0v) is 12.7. The molecule has 4 nitrogen and oxygen atoms in total. The number of nitrogens with zero attached hydrogens (tertiary/aromatic N) is 3. The highest BCUT2D eigenvalue weighted by Crippen LogP contribution is 2.42. The summed E-state index contributed by atoms with van der Waals surface area (Å²) in [6.45, 7) is 6.43. The first-order valence-electron chi connectivity index (χ1n) is 8.01. The van der Waals surface area contributed by atoms with Crippen LogP contribution >= 0.6 is 0 Å². The molecule has 110 valence electrons. The van der Waals surface area contributed by atoms with Crippen molar-refractivity contribution in [2.24, 2.45) is 5.92 Å². The minimum atomic E-state index is 0.412. The number of rotatable bonds is 3. The Balaban J connectivity index is 1.69. The maximum absolute atomic E-state index is 4.48. The van der Waals surface area contributed by atoms with Crippen molar-refractivity contribution >= 4 is 0 Å². The molecule has 2 heterocycles. The lowest BCUT2D eigenvalue weighted by Crippen LogP contribution is -2.35. The van der Waals surface area contributed by atoms with Crippen LogP contribution in [0.5, 0.6) is 0 Å². The highest BCUT2D eigenvalue weighted by molar-refractivity contribution is 5.56. The average Bonchev–Trinajstić information content (AvgIpc) is 3.26. The molecule has 1 aromatic carbocycles. The molecule has 1 saturated carbocycles. The summed E-state index contributed by atoms with van der Waals surface area (Å²) in [5.41, 5.74) is 2.55. The predicted octanol–water partition coefficient (Wildman–Crippen LogP) is 3.12. The van der Waals surface area contributed by atoms with Crippen molar-refractivity contribution in [3.05, 3.63) is 35.7 Å². The maximum atomic E-state index is 4.48. The van der Waals surface area contributed by atoms with Crippen LogP contribution in [-0.2, 0) is 6.54 Å². The number of hydrogen-bond donors (Lipinski definition) is 1. The molecule has 4 heteroatoms. The van der Waals surface area contributed by atoms with E-state index in [2.05, 4.69) is 58.2 Å². The highest BCUT2D eigenvalue weighted by Gasteiger charge is 2.37. The summed E-state index contributed by atoms with van der Waals surface area (Å²) in [5, 5.41) is 12.6. The lowest BCUT2D eigenvalue weighted by Gasteiger charge is -2.25. The molecule has 1 atom stereocenters. The van der Waals surface area contributed by atoms with Gasteiger partial charge in [0.25, 0.3) is 0 Å². The van der Waals surface area contributed by atoms with Crippen LogP contribution < -0.4 is 5.32 Å².